The van der Waals surface area contributed by atoms with Gasteiger partial charge in [-0.1, -0.05) is 0 Å². The molecular weight excluding hydrogens is 364 g/mol. The zero-order chi connectivity index (χ0) is 20.0. The SMILES string of the molecule is Cc1ncn(-c2cc(NCCNC(=O)C34CC5CC(CC(C5)C3)C4)ncn2)c1C. The van der Waals surface area contributed by atoms with Gasteiger partial charge in [-0.05, 0) is 70.1 Å². The van der Waals surface area contributed by atoms with Crippen molar-refractivity contribution >= 4 is 11.7 Å². The molecule has 0 spiro atoms. The second kappa shape index (κ2) is 7.11. The zero-order valence-electron chi connectivity index (χ0n) is 17.3. The minimum atomic E-state index is -0.0757. The van der Waals surface area contributed by atoms with Crippen molar-refractivity contribution in [3.05, 3.63) is 30.1 Å². The van der Waals surface area contributed by atoms with Crippen molar-refractivity contribution < 1.29 is 4.79 Å². The van der Waals surface area contributed by atoms with Crippen molar-refractivity contribution in [2.75, 3.05) is 18.4 Å². The van der Waals surface area contributed by atoms with Crippen molar-refractivity contribution in [1.29, 1.82) is 0 Å². The molecule has 4 bridgehead atoms. The Morgan fingerprint density at radius 2 is 1.76 bits per heavy atom. The monoisotopic (exact) mass is 394 g/mol. The summed E-state index contributed by atoms with van der Waals surface area (Å²) in [5.41, 5.74) is 1.98. The van der Waals surface area contributed by atoms with Gasteiger partial charge >= 0.3 is 0 Å². The number of imidazole rings is 1. The summed E-state index contributed by atoms with van der Waals surface area (Å²) < 4.78 is 1.96. The summed E-state index contributed by atoms with van der Waals surface area (Å²) in [4.78, 5) is 26.0. The average molecular weight is 395 g/mol. The average Bonchev–Trinajstić information content (AvgIpc) is 3.03. The van der Waals surface area contributed by atoms with Crippen LogP contribution in [-0.2, 0) is 4.79 Å². The number of anilines is 1. The smallest absolute Gasteiger partial charge is 0.226 e. The Kier molecular flexibility index (Phi) is 4.56. The van der Waals surface area contributed by atoms with E-state index < -0.39 is 0 Å². The lowest BCUT2D eigenvalue weighted by molar-refractivity contribution is -0.146. The largest absolute Gasteiger partial charge is 0.368 e. The second-order valence-corrected chi connectivity index (χ2v) is 9.43. The van der Waals surface area contributed by atoms with Gasteiger partial charge in [-0.15, -0.1) is 0 Å². The normalized spacial score (nSPS) is 29.8. The van der Waals surface area contributed by atoms with E-state index in [1.165, 1.54) is 19.3 Å². The number of nitrogens with one attached hydrogen (secondary N) is 2. The number of amides is 1. The minimum absolute atomic E-state index is 0.0757. The number of carbonyl (C=O) groups excluding carboxylic acids is 1. The fourth-order valence-corrected chi connectivity index (χ4v) is 6.25. The molecule has 1 amide bonds. The molecular formula is C22H30N6O. The summed E-state index contributed by atoms with van der Waals surface area (Å²) in [6.07, 6.45) is 10.7. The number of carbonyl (C=O) groups is 1. The molecule has 2 heterocycles. The van der Waals surface area contributed by atoms with Gasteiger partial charge in [0.1, 0.15) is 24.3 Å². The van der Waals surface area contributed by atoms with Crippen LogP contribution in [0, 0.1) is 37.0 Å². The maximum Gasteiger partial charge on any atom is 0.226 e. The van der Waals surface area contributed by atoms with Crippen molar-refractivity contribution in [2.24, 2.45) is 23.2 Å². The number of nitrogens with zero attached hydrogens (tertiary/aromatic N) is 4. The summed E-state index contributed by atoms with van der Waals surface area (Å²) in [5.74, 6) is 4.20. The van der Waals surface area contributed by atoms with Gasteiger partial charge in [0.25, 0.3) is 0 Å². The predicted molar refractivity (Wildman–Crippen MR) is 111 cm³/mol. The standard InChI is InChI=1S/C22H30N6O/c1-14-15(2)28(13-27-14)20-8-19(25-12-26-20)23-3-4-24-21(29)22-9-16-5-17(10-22)7-18(6-16)11-22/h8,12-13,16-18H,3-7,9-11H2,1-2H3,(H,24,29)(H,23,25,26). The van der Waals surface area contributed by atoms with Crippen LogP contribution in [0.3, 0.4) is 0 Å². The molecule has 0 aromatic carbocycles. The molecule has 0 radical (unpaired) electrons. The lowest BCUT2D eigenvalue weighted by atomic mass is 9.49. The van der Waals surface area contributed by atoms with Gasteiger partial charge in [-0.25, -0.2) is 15.0 Å². The van der Waals surface area contributed by atoms with Crippen LogP contribution in [0.25, 0.3) is 5.82 Å². The highest BCUT2D eigenvalue weighted by molar-refractivity contribution is 5.83. The number of hydrogen-bond acceptors (Lipinski definition) is 5. The molecule has 6 rings (SSSR count). The van der Waals surface area contributed by atoms with Crippen molar-refractivity contribution in [3.8, 4) is 5.82 Å². The molecule has 0 atom stereocenters. The van der Waals surface area contributed by atoms with E-state index in [-0.39, 0.29) is 11.3 Å². The molecule has 0 saturated heterocycles. The fraction of sp³-hybridized carbons (Fsp3) is 0.636. The van der Waals surface area contributed by atoms with E-state index in [0.29, 0.717) is 13.1 Å². The lowest BCUT2D eigenvalue weighted by Gasteiger charge is -2.55. The number of rotatable bonds is 6. The first-order valence-corrected chi connectivity index (χ1v) is 10.9. The Morgan fingerprint density at radius 3 is 2.38 bits per heavy atom. The van der Waals surface area contributed by atoms with Crippen LogP contribution in [0.5, 0.6) is 0 Å². The highest BCUT2D eigenvalue weighted by Crippen LogP contribution is 2.60. The Morgan fingerprint density at radius 1 is 1.07 bits per heavy atom. The van der Waals surface area contributed by atoms with E-state index in [0.717, 1.165) is 60.0 Å². The molecule has 7 heteroatoms. The number of aromatic nitrogens is 4. The molecule has 4 aliphatic rings. The molecule has 0 unspecified atom stereocenters. The number of aryl methyl sites for hydroxylation is 1. The maximum atomic E-state index is 13.0. The van der Waals surface area contributed by atoms with Crippen molar-refractivity contribution in [2.45, 2.75) is 52.4 Å². The Balaban J connectivity index is 1.16. The van der Waals surface area contributed by atoms with Crippen LogP contribution in [-0.4, -0.2) is 38.5 Å². The van der Waals surface area contributed by atoms with Gasteiger partial charge < -0.3 is 10.6 Å². The molecule has 2 aromatic rings. The molecule has 7 nitrogen and oxygen atoms in total. The predicted octanol–water partition coefficient (Wildman–Crippen LogP) is 3.02. The van der Waals surface area contributed by atoms with Crippen LogP contribution >= 0.6 is 0 Å². The molecule has 29 heavy (non-hydrogen) atoms. The van der Waals surface area contributed by atoms with Gasteiger partial charge in [0.05, 0.1) is 5.69 Å². The van der Waals surface area contributed by atoms with Gasteiger partial charge in [0.2, 0.25) is 5.91 Å². The first-order valence-electron chi connectivity index (χ1n) is 10.9. The fourth-order valence-electron chi connectivity index (χ4n) is 6.25. The second-order valence-electron chi connectivity index (χ2n) is 9.43. The third-order valence-corrected chi connectivity index (χ3v) is 7.39. The summed E-state index contributed by atoms with van der Waals surface area (Å²) >= 11 is 0. The zero-order valence-corrected chi connectivity index (χ0v) is 17.3. The first kappa shape index (κ1) is 18.6. The molecule has 0 aliphatic heterocycles. The Labute approximate surface area is 171 Å². The van der Waals surface area contributed by atoms with E-state index in [1.807, 2.05) is 24.5 Å². The highest BCUT2D eigenvalue weighted by atomic mass is 16.2. The Hall–Kier alpha value is -2.44. The summed E-state index contributed by atoms with van der Waals surface area (Å²) in [6, 6.07) is 1.91. The first-order chi connectivity index (χ1) is 14.0. The topological polar surface area (TPSA) is 84.7 Å². The van der Waals surface area contributed by atoms with E-state index in [1.54, 1.807) is 12.7 Å². The third-order valence-electron chi connectivity index (χ3n) is 7.39. The lowest BCUT2D eigenvalue weighted by Crippen LogP contribution is -2.54. The highest BCUT2D eigenvalue weighted by Gasteiger charge is 2.54. The van der Waals surface area contributed by atoms with Gasteiger partial charge in [-0.3, -0.25) is 9.36 Å². The van der Waals surface area contributed by atoms with Crippen molar-refractivity contribution in [3.63, 3.8) is 0 Å². The van der Waals surface area contributed by atoms with Crippen LogP contribution in [0.4, 0.5) is 5.82 Å². The van der Waals surface area contributed by atoms with Crippen LogP contribution in [0.2, 0.25) is 0 Å². The summed E-state index contributed by atoms with van der Waals surface area (Å²) in [7, 11) is 0. The third kappa shape index (κ3) is 3.40. The molecule has 4 saturated carbocycles. The summed E-state index contributed by atoms with van der Waals surface area (Å²) in [6.45, 7) is 5.27. The quantitative estimate of drug-likeness (QED) is 0.736. The minimum Gasteiger partial charge on any atom is -0.368 e. The van der Waals surface area contributed by atoms with Gasteiger partial charge in [0, 0.05) is 30.3 Å². The molecule has 4 aliphatic carbocycles. The van der Waals surface area contributed by atoms with Crippen molar-refractivity contribution in [1.82, 2.24) is 24.8 Å². The number of hydrogen-bond donors (Lipinski definition) is 2. The van der Waals surface area contributed by atoms with Crippen LogP contribution in [0.1, 0.15) is 49.9 Å². The summed E-state index contributed by atoms with van der Waals surface area (Å²) in [5, 5.41) is 6.52. The maximum absolute atomic E-state index is 13.0. The van der Waals surface area contributed by atoms with E-state index in [9.17, 15) is 4.79 Å². The Bertz CT molecular complexity index is 884. The molecule has 2 N–H and O–H groups in total. The van der Waals surface area contributed by atoms with Crippen LogP contribution in [0.15, 0.2) is 18.7 Å². The van der Waals surface area contributed by atoms with Crippen LogP contribution < -0.4 is 10.6 Å². The molecule has 154 valence electrons. The van der Waals surface area contributed by atoms with E-state index in [4.69, 9.17) is 0 Å². The molecule has 2 aromatic heterocycles. The van der Waals surface area contributed by atoms with Gasteiger partial charge in [-0.2, -0.15) is 0 Å². The van der Waals surface area contributed by atoms with Gasteiger partial charge in [0.15, 0.2) is 0 Å². The van der Waals surface area contributed by atoms with E-state index in [2.05, 4.69) is 25.6 Å². The van der Waals surface area contributed by atoms with E-state index >= 15 is 0 Å². The molecule has 4 fully saturated rings.